The molecular formula is C20H19F4N7O2. The number of aromatic nitrogens is 5. The number of amides is 1. The van der Waals surface area contributed by atoms with Crippen LogP contribution in [0.25, 0.3) is 5.69 Å². The van der Waals surface area contributed by atoms with Crippen LogP contribution in [0.4, 0.5) is 23.4 Å². The Morgan fingerprint density at radius 1 is 1.09 bits per heavy atom. The van der Waals surface area contributed by atoms with Crippen molar-refractivity contribution in [3.8, 4) is 11.6 Å². The fourth-order valence-corrected chi connectivity index (χ4v) is 3.38. The zero-order chi connectivity index (χ0) is 23.6. The van der Waals surface area contributed by atoms with Crippen LogP contribution in [-0.4, -0.2) is 74.7 Å². The van der Waals surface area contributed by atoms with Gasteiger partial charge in [-0.15, -0.1) is 5.10 Å². The molecule has 1 amide bonds. The summed E-state index contributed by atoms with van der Waals surface area (Å²) in [6, 6.07) is 7.01. The number of alkyl halides is 3. The number of carbonyl (C=O) groups excluding carboxylic acids is 1. The van der Waals surface area contributed by atoms with Gasteiger partial charge in [0.1, 0.15) is 18.0 Å². The standard InChI is InChI=1S/C20H19F4N7O2/c1-13-18(27-28-31(13)15-4-2-14(21)3-5-15)19(32)30-8-6-29(7-9-30)16-10-17(26-12-25-16)33-11-20(22,23)24/h2-5,10,12H,6-9,11H2,1H3. The van der Waals surface area contributed by atoms with Gasteiger partial charge in [-0.2, -0.15) is 13.2 Å². The third-order valence-electron chi connectivity index (χ3n) is 5.07. The van der Waals surface area contributed by atoms with E-state index in [1.54, 1.807) is 24.0 Å². The van der Waals surface area contributed by atoms with Gasteiger partial charge in [-0.1, -0.05) is 5.21 Å². The first-order valence-corrected chi connectivity index (χ1v) is 9.95. The van der Waals surface area contributed by atoms with Crippen molar-refractivity contribution in [1.82, 2.24) is 29.9 Å². The zero-order valence-electron chi connectivity index (χ0n) is 17.5. The maximum absolute atomic E-state index is 13.2. The van der Waals surface area contributed by atoms with Crippen LogP contribution >= 0.6 is 0 Å². The Kier molecular flexibility index (Phi) is 6.11. The molecule has 0 saturated carbocycles. The summed E-state index contributed by atoms with van der Waals surface area (Å²) in [5, 5.41) is 8.02. The van der Waals surface area contributed by atoms with Gasteiger partial charge in [0.25, 0.3) is 5.91 Å². The molecule has 2 aromatic heterocycles. The van der Waals surface area contributed by atoms with Crippen LogP contribution in [-0.2, 0) is 0 Å². The first-order chi connectivity index (χ1) is 15.7. The highest BCUT2D eigenvalue weighted by molar-refractivity contribution is 5.93. The summed E-state index contributed by atoms with van der Waals surface area (Å²) >= 11 is 0. The number of piperazine rings is 1. The van der Waals surface area contributed by atoms with Crippen LogP contribution in [0.15, 0.2) is 36.7 Å². The van der Waals surface area contributed by atoms with Gasteiger partial charge in [0.2, 0.25) is 5.88 Å². The molecule has 1 aliphatic heterocycles. The highest BCUT2D eigenvalue weighted by atomic mass is 19.4. The van der Waals surface area contributed by atoms with Gasteiger partial charge in [0.15, 0.2) is 12.3 Å². The number of carbonyl (C=O) groups is 1. The third-order valence-corrected chi connectivity index (χ3v) is 5.07. The Balaban J connectivity index is 1.39. The average molecular weight is 465 g/mol. The fourth-order valence-electron chi connectivity index (χ4n) is 3.38. The summed E-state index contributed by atoms with van der Waals surface area (Å²) in [6.45, 7) is 1.79. The molecular weight excluding hydrogens is 446 g/mol. The van der Waals surface area contributed by atoms with E-state index >= 15 is 0 Å². The SMILES string of the molecule is Cc1c(C(=O)N2CCN(c3cc(OCC(F)(F)F)ncn3)CC2)nnn1-c1ccc(F)cc1. The number of nitrogens with zero attached hydrogens (tertiary/aromatic N) is 7. The van der Waals surface area contributed by atoms with Crippen molar-refractivity contribution >= 4 is 11.7 Å². The van der Waals surface area contributed by atoms with Gasteiger partial charge in [0.05, 0.1) is 11.4 Å². The van der Waals surface area contributed by atoms with Gasteiger partial charge in [-0.25, -0.2) is 19.0 Å². The second-order valence-electron chi connectivity index (χ2n) is 7.31. The van der Waals surface area contributed by atoms with E-state index in [0.29, 0.717) is 43.4 Å². The predicted molar refractivity (Wildman–Crippen MR) is 108 cm³/mol. The molecule has 13 heteroatoms. The molecule has 0 aliphatic carbocycles. The molecule has 33 heavy (non-hydrogen) atoms. The summed E-state index contributed by atoms with van der Waals surface area (Å²) in [5.41, 5.74) is 1.30. The van der Waals surface area contributed by atoms with Crippen molar-refractivity contribution < 1.29 is 27.1 Å². The summed E-state index contributed by atoms with van der Waals surface area (Å²) in [6.07, 6.45) is -3.33. The van der Waals surface area contributed by atoms with Crippen molar-refractivity contribution in [2.24, 2.45) is 0 Å². The van der Waals surface area contributed by atoms with E-state index in [1.165, 1.54) is 22.9 Å². The molecule has 0 atom stereocenters. The number of anilines is 1. The topological polar surface area (TPSA) is 89.3 Å². The first kappa shape index (κ1) is 22.4. The van der Waals surface area contributed by atoms with Crippen LogP contribution in [0, 0.1) is 12.7 Å². The van der Waals surface area contributed by atoms with Crippen molar-refractivity contribution in [2.45, 2.75) is 13.1 Å². The Labute approximate surface area is 185 Å². The Morgan fingerprint density at radius 3 is 2.45 bits per heavy atom. The number of hydrogen-bond acceptors (Lipinski definition) is 7. The van der Waals surface area contributed by atoms with Gasteiger partial charge in [-0.3, -0.25) is 4.79 Å². The molecule has 0 radical (unpaired) electrons. The van der Waals surface area contributed by atoms with Gasteiger partial charge in [0, 0.05) is 32.2 Å². The Hall–Kier alpha value is -3.77. The van der Waals surface area contributed by atoms with Crippen molar-refractivity contribution in [3.05, 3.63) is 53.9 Å². The number of benzene rings is 1. The molecule has 0 spiro atoms. The molecule has 0 N–H and O–H groups in total. The normalized spacial score (nSPS) is 14.5. The van der Waals surface area contributed by atoms with Crippen LogP contribution in [0.1, 0.15) is 16.2 Å². The summed E-state index contributed by atoms with van der Waals surface area (Å²) in [4.78, 5) is 24.2. The van der Waals surface area contributed by atoms with Crippen LogP contribution < -0.4 is 9.64 Å². The average Bonchev–Trinajstić information content (AvgIpc) is 3.19. The number of halogens is 4. The molecule has 3 aromatic rings. The maximum Gasteiger partial charge on any atom is 0.422 e. The summed E-state index contributed by atoms with van der Waals surface area (Å²) in [5.74, 6) is -0.442. The minimum Gasteiger partial charge on any atom is -0.468 e. The molecule has 0 bridgehead atoms. The third kappa shape index (κ3) is 5.18. The molecule has 4 rings (SSSR count). The van der Waals surface area contributed by atoms with Gasteiger partial charge >= 0.3 is 6.18 Å². The van der Waals surface area contributed by atoms with E-state index < -0.39 is 12.8 Å². The molecule has 174 valence electrons. The summed E-state index contributed by atoms with van der Waals surface area (Å²) in [7, 11) is 0. The van der Waals surface area contributed by atoms with E-state index in [9.17, 15) is 22.4 Å². The second-order valence-corrected chi connectivity index (χ2v) is 7.31. The Morgan fingerprint density at radius 2 is 1.79 bits per heavy atom. The second kappa shape index (κ2) is 9.00. The van der Waals surface area contributed by atoms with Gasteiger partial charge < -0.3 is 14.5 Å². The summed E-state index contributed by atoms with van der Waals surface area (Å²) < 4.78 is 56.4. The molecule has 0 unspecified atom stereocenters. The minimum absolute atomic E-state index is 0.177. The van der Waals surface area contributed by atoms with E-state index in [1.807, 2.05) is 4.90 Å². The smallest absolute Gasteiger partial charge is 0.422 e. The lowest BCUT2D eigenvalue weighted by Gasteiger charge is -2.35. The van der Waals surface area contributed by atoms with Crippen LogP contribution in [0.5, 0.6) is 5.88 Å². The van der Waals surface area contributed by atoms with E-state index in [4.69, 9.17) is 0 Å². The van der Waals surface area contributed by atoms with Crippen molar-refractivity contribution in [3.63, 3.8) is 0 Å². The Bertz CT molecular complexity index is 1130. The quantitative estimate of drug-likeness (QED) is 0.535. The zero-order valence-corrected chi connectivity index (χ0v) is 17.5. The number of rotatable bonds is 5. The van der Waals surface area contributed by atoms with E-state index in [2.05, 4.69) is 25.0 Å². The first-order valence-electron chi connectivity index (χ1n) is 9.95. The van der Waals surface area contributed by atoms with Crippen LogP contribution in [0.3, 0.4) is 0 Å². The van der Waals surface area contributed by atoms with Gasteiger partial charge in [-0.05, 0) is 31.2 Å². The predicted octanol–water partition coefficient (Wildman–Crippen LogP) is 2.41. The molecule has 1 saturated heterocycles. The number of ether oxygens (including phenoxy) is 1. The minimum atomic E-state index is -4.46. The lowest BCUT2D eigenvalue weighted by atomic mass is 10.2. The monoisotopic (exact) mass is 465 g/mol. The van der Waals surface area contributed by atoms with Crippen molar-refractivity contribution in [2.75, 3.05) is 37.7 Å². The molecule has 1 aromatic carbocycles. The molecule has 1 aliphatic rings. The highest BCUT2D eigenvalue weighted by Gasteiger charge is 2.29. The van der Waals surface area contributed by atoms with E-state index in [-0.39, 0.29) is 23.3 Å². The molecule has 3 heterocycles. The fraction of sp³-hybridized carbons (Fsp3) is 0.350. The van der Waals surface area contributed by atoms with Crippen molar-refractivity contribution in [1.29, 1.82) is 0 Å². The van der Waals surface area contributed by atoms with E-state index in [0.717, 1.165) is 6.33 Å². The molecule has 9 nitrogen and oxygen atoms in total. The maximum atomic E-state index is 13.2. The van der Waals surface area contributed by atoms with Crippen LogP contribution in [0.2, 0.25) is 0 Å². The largest absolute Gasteiger partial charge is 0.468 e. The lowest BCUT2D eigenvalue weighted by molar-refractivity contribution is -0.154. The molecule has 1 fully saturated rings. The highest BCUT2D eigenvalue weighted by Crippen LogP contribution is 2.21. The number of hydrogen-bond donors (Lipinski definition) is 0. The lowest BCUT2D eigenvalue weighted by Crippen LogP contribution is -2.49.